The van der Waals surface area contributed by atoms with E-state index in [1.54, 1.807) is 11.9 Å². The highest BCUT2D eigenvalue weighted by molar-refractivity contribution is 5.71. The molecule has 3 aromatic rings. The molecule has 11 nitrogen and oxygen atoms in total. The number of amides is 1. The normalized spacial score (nSPS) is 16.5. The van der Waals surface area contributed by atoms with Crippen LogP contribution in [0.4, 0.5) is 10.6 Å². The number of hydrogen-bond donors (Lipinski definition) is 2. The lowest BCUT2D eigenvalue weighted by molar-refractivity contribution is 0.103. The van der Waals surface area contributed by atoms with E-state index in [4.69, 9.17) is 24.0 Å². The molecule has 2 unspecified atom stereocenters. The van der Waals surface area contributed by atoms with Crippen LogP contribution in [0.2, 0.25) is 0 Å². The highest BCUT2D eigenvalue weighted by atomic mass is 16.5. The van der Waals surface area contributed by atoms with Crippen LogP contribution in [0.5, 0.6) is 5.75 Å². The van der Waals surface area contributed by atoms with Crippen molar-refractivity contribution >= 4 is 11.9 Å². The predicted octanol–water partition coefficient (Wildman–Crippen LogP) is 2.65. The zero-order valence-electron chi connectivity index (χ0n) is 21.9. The van der Waals surface area contributed by atoms with Gasteiger partial charge in [0.05, 0.1) is 24.1 Å². The van der Waals surface area contributed by atoms with Crippen molar-refractivity contribution in [3.8, 4) is 28.4 Å². The molecule has 0 aliphatic carbocycles. The summed E-state index contributed by atoms with van der Waals surface area (Å²) in [6.45, 7) is 8.05. The molecule has 1 aliphatic rings. The summed E-state index contributed by atoms with van der Waals surface area (Å²) < 4.78 is 16.1. The first kappa shape index (κ1) is 26.4. The number of anilines is 1. The fraction of sp³-hybridized carbons (Fsp3) is 0.462. The van der Waals surface area contributed by atoms with Gasteiger partial charge in [0.1, 0.15) is 30.0 Å². The van der Waals surface area contributed by atoms with Crippen molar-refractivity contribution in [2.24, 2.45) is 0 Å². The van der Waals surface area contributed by atoms with Crippen molar-refractivity contribution in [2.45, 2.75) is 32.9 Å². The van der Waals surface area contributed by atoms with Gasteiger partial charge in [0, 0.05) is 43.9 Å². The summed E-state index contributed by atoms with van der Waals surface area (Å²) in [6, 6.07) is 9.37. The summed E-state index contributed by atoms with van der Waals surface area (Å²) in [5.74, 6) is 2.55. The maximum absolute atomic E-state index is 12.1. The maximum atomic E-state index is 12.1. The number of nitrogens with one attached hydrogen (secondary N) is 1. The average Bonchev–Trinajstić information content (AvgIpc) is 3.24. The van der Waals surface area contributed by atoms with Crippen LogP contribution >= 0.6 is 0 Å². The van der Waals surface area contributed by atoms with Gasteiger partial charge < -0.3 is 34.2 Å². The lowest BCUT2D eigenvalue weighted by Crippen LogP contribution is -2.54. The number of aliphatic hydroxyl groups is 1. The number of methoxy groups -OCH3 is 1. The molecule has 11 heteroatoms. The molecule has 1 aliphatic heterocycles. The highest BCUT2D eigenvalue weighted by Gasteiger charge is 2.29. The molecule has 2 N–H and O–H groups in total. The molecule has 4 rings (SSSR count). The first-order valence-electron chi connectivity index (χ1n) is 12.3. The minimum Gasteiger partial charge on any atom is -0.491 e. The molecule has 1 saturated heterocycles. The number of carbonyl (C=O) groups excluding carboxylic acids is 1. The van der Waals surface area contributed by atoms with Gasteiger partial charge in [-0.1, -0.05) is 17.3 Å². The van der Waals surface area contributed by atoms with E-state index in [0.29, 0.717) is 49.2 Å². The average molecular weight is 511 g/mol. The van der Waals surface area contributed by atoms with Gasteiger partial charge in [-0.25, -0.2) is 14.8 Å². The van der Waals surface area contributed by atoms with Gasteiger partial charge in [0.2, 0.25) is 0 Å². The molecular weight excluding hydrogens is 476 g/mol. The Balaban J connectivity index is 1.69. The number of piperazine rings is 1. The van der Waals surface area contributed by atoms with E-state index in [1.165, 1.54) is 7.11 Å². The smallest absolute Gasteiger partial charge is 0.409 e. The molecule has 1 fully saturated rings. The second-order valence-electron chi connectivity index (χ2n) is 9.14. The Morgan fingerprint density at radius 1 is 1.27 bits per heavy atom. The zero-order chi connectivity index (χ0) is 26.5. The Bertz CT molecular complexity index is 1210. The first-order valence-corrected chi connectivity index (χ1v) is 12.3. The van der Waals surface area contributed by atoms with Crippen LogP contribution in [0.15, 0.2) is 34.9 Å². The van der Waals surface area contributed by atoms with Crippen LogP contribution in [0.3, 0.4) is 0 Å². The van der Waals surface area contributed by atoms with Crippen molar-refractivity contribution in [1.29, 1.82) is 0 Å². The largest absolute Gasteiger partial charge is 0.491 e. The fourth-order valence-electron chi connectivity index (χ4n) is 4.47. The van der Waals surface area contributed by atoms with Gasteiger partial charge in [-0.15, -0.1) is 0 Å². The standard InChI is InChI=1S/C26H34N6O5/c1-16-14-31(9-10-32(16)26(34)35-5)23-12-22(24-17(2)30-37-18(24)3)28-25(29-23)19-7-6-8-21(11-19)36-15-20(33)13-27-4/h6-8,11-12,16,20,27,33H,9-10,13-15H2,1-5H3. The summed E-state index contributed by atoms with van der Waals surface area (Å²) >= 11 is 0. The Labute approximate surface area is 216 Å². The topological polar surface area (TPSA) is 126 Å². The number of hydrogen-bond acceptors (Lipinski definition) is 10. The number of aliphatic hydroxyl groups excluding tert-OH is 1. The predicted molar refractivity (Wildman–Crippen MR) is 139 cm³/mol. The molecule has 1 amide bonds. The number of likely N-dealkylation sites (N-methyl/N-ethyl adjacent to an activating group) is 1. The summed E-state index contributed by atoms with van der Waals surface area (Å²) in [7, 11) is 3.17. The second kappa shape index (κ2) is 11.6. The second-order valence-corrected chi connectivity index (χ2v) is 9.14. The van der Waals surface area contributed by atoms with Gasteiger partial charge in [-0.2, -0.15) is 0 Å². The Morgan fingerprint density at radius 3 is 2.76 bits per heavy atom. The minimum absolute atomic E-state index is 0.0529. The van der Waals surface area contributed by atoms with Gasteiger partial charge in [-0.3, -0.25) is 0 Å². The molecule has 2 aromatic heterocycles. The van der Waals surface area contributed by atoms with Crippen LogP contribution in [0.1, 0.15) is 18.4 Å². The monoisotopic (exact) mass is 510 g/mol. The molecule has 2 atom stereocenters. The van der Waals surface area contributed by atoms with Gasteiger partial charge >= 0.3 is 6.09 Å². The lowest BCUT2D eigenvalue weighted by Gasteiger charge is -2.39. The third kappa shape index (κ3) is 6.00. The summed E-state index contributed by atoms with van der Waals surface area (Å²) in [5, 5.41) is 17.0. The first-order chi connectivity index (χ1) is 17.8. The van der Waals surface area contributed by atoms with E-state index in [1.807, 2.05) is 51.1 Å². The molecule has 1 aromatic carbocycles. The van der Waals surface area contributed by atoms with Gasteiger partial charge in [0.15, 0.2) is 5.82 Å². The summed E-state index contributed by atoms with van der Waals surface area (Å²) in [6.07, 6.45) is -0.950. The molecule has 0 radical (unpaired) electrons. The minimum atomic E-state index is -0.620. The van der Waals surface area contributed by atoms with E-state index in [0.717, 1.165) is 22.6 Å². The molecule has 0 spiro atoms. The molecular formula is C26H34N6O5. The SMILES string of the molecule is CNCC(O)COc1cccc(-c2nc(-c3c(C)noc3C)cc(N3CCN(C(=O)OC)C(C)C3)n2)c1. The molecule has 0 saturated carbocycles. The van der Waals surface area contributed by atoms with Crippen molar-refractivity contribution in [3.05, 3.63) is 41.8 Å². The van der Waals surface area contributed by atoms with Crippen molar-refractivity contribution in [2.75, 3.05) is 51.8 Å². The number of carbonyl (C=O) groups is 1. The Hall–Kier alpha value is -3.70. The van der Waals surface area contributed by atoms with Gasteiger partial charge in [0.25, 0.3) is 0 Å². The van der Waals surface area contributed by atoms with E-state index in [2.05, 4.69) is 15.4 Å². The van der Waals surface area contributed by atoms with Crippen molar-refractivity contribution < 1.29 is 23.9 Å². The fourth-order valence-corrected chi connectivity index (χ4v) is 4.47. The van der Waals surface area contributed by atoms with E-state index in [9.17, 15) is 9.90 Å². The number of ether oxygens (including phenoxy) is 2. The van der Waals surface area contributed by atoms with Crippen LogP contribution in [0.25, 0.3) is 22.6 Å². The zero-order valence-corrected chi connectivity index (χ0v) is 21.9. The number of nitrogens with zero attached hydrogens (tertiary/aromatic N) is 5. The van der Waals surface area contributed by atoms with Crippen molar-refractivity contribution in [1.82, 2.24) is 25.3 Å². The summed E-state index contributed by atoms with van der Waals surface area (Å²) in [4.78, 5) is 25.8. The molecule has 3 heterocycles. The number of rotatable bonds is 8. The van der Waals surface area contributed by atoms with Gasteiger partial charge in [-0.05, 0) is 40.0 Å². The van der Waals surface area contributed by atoms with Crippen LogP contribution in [-0.2, 0) is 4.74 Å². The quantitative estimate of drug-likeness (QED) is 0.467. The van der Waals surface area contributed by atoms with E-state index < -0.39 is 6.10 Å². The van der Waals surface area contributed by atoms with E-state index in [-0.39, 0.29) is 18.7 Å². The third-order valence-electron chi connectivity index (χ3n) is 6.34. The number of aromatic nitrogens is 3. The summed E-state index contributed by atoms with van der Waals surface area (Å²) in [5.41, 5.74) is 3.05. The highest BCUT2D eigenvalue weighted by Crippen LogP contribution is 2.32. The van der Waals surface area contributed by atoms with Crippen LogP contribution in [0, 0.1) is 13.8 Å². The molecule has 0 bridgehead atoms. The Kier molecular flexibility index (Phi) is 8.24. The maximum Gasteiger partial charge on any atom is 0.409 e. The third-order valence-corrected chi connectivity index (χ3v) is 6.34. The van der Waals surface area contributed by atoms with E-state index >= 15 is 0 Å². The molecule has 198 valence electrons. The number of aryl methyl sites for hydroxylation is 2. The Morgan fingerprint density at radius 2 is 2.08 bits per heavy atom. The number of benzene rings is 1. The lowest BCUT2D eigenvalue weighted by atomic mass is 10.1. The van der Waals surface area contributed by atoms with Crippen LogP contribution in [-0.4, -0.2) is 90.3 Å². The van der Waals surface area contributed by atoms with Crippen LogP contribution < -0.4 is 15.0 Å². The van der Waals surface area contributed by atoms with Crippen molar-refractivity contribution in [3.63, 3.8) is 0 Å². The molecule has 37 heavy (non-hydrogen) atoms.